The molecule has 148 valence electrons. The topological polar surface area (TPSA) is 74.2 Å². The van der Waals surface area contributed by atoms with Gasteiger partial charge in [-0.25, -0.2) is 0 Å². The third kappa shape index (κ3) is 4.81. The molecule has 0 aliphatic heterocycles. The van der Waals surface area contributed by atoms with Gasteiger partial charge >= 0.3 is 0 Å². The van der Waals surface area contributed by atoms with Gasteiger partial charge in [0.15, 0.2) is 6.23 Å². The van der Waals surface area contributed by atoms with Crippen molar-refractivity contribution in [1.29, 1.82) is 0 Å². The molecule has 3 aromatic rings. The molecule has 1 saturated carbocycles. The fourth-order valence-corrected chi connectivity index (χ4v) is 3.26. The molecule has 0 bridgehead atoms. The molecule has 29 heavy (non-hydrogen) atoms. The second-order valence-electron chi connectivity index (χ2n) is 7.59. The van der Waals surface area contributed by atoms with E-state index >= 15 is 0 Å². The van der Waals surface area contributed by atoms with Gasteiger partial charge in [0.25, 0.3) is 5.91 Å². The van der Waals surface area contributed by atoms with Crippen molar-refractivity contribution >= 4 is 11.6 Å². The summed E-state index contributed by atoms with van der Waals surface area (Å²) in [5.41, 5.74) is 5.40. The summed E-state index contributed by atoms with van der Waals surface area (Å²) in [6, 6.07) is 17.3. The Morgan fingerprint density at radius 1 is 1.17 bits per heavy atom. The zero-order valence-corrected chi connectivity index (χ0v) is 16.4. The quantitative estimate of drug-likeness (QED) is 0.529. The van der Waals surface area contributed by atoms with Gasteiger partial charge in [0.05, 0.1) is 0 Å². The fourth-order valence-electron chi connectivity index (χ4n) is 3.26. The lowest BCUT2D eigenvalue weighted by atomic mass is 9.98. The van der Waals surface area contributed by atoms with Crippen LogP contribution in [0.2, 0.25) is 0 Å². The van der Waals surface area contributed by atoms with Crippen molar-refractivity contribution in [3.63, 3.8) is 0 Å². The molecule has 2 aromatic carbocycles. The summed E-state index contributed by atoms with van der Waals surface area (Å²) in [6.45, 7) is 2.82. The zero-order chi connectivity index (χ0) is 20.2. The summed E-state index contributed by atoms with van der Waals surface area (Å²) < 4.78 is 0. The number of rotatable bonds is 7. The number of nitrogens with one attached hydrogen (secondary N) is 2. The summed E-state index contributed by atoms with van der Waals surface area (Å²) >= 11 is 0. The average Bonchev–Trinajstić information content (AvgIpc) is 3.59. The molecule has 0 saturated heterocycles. The highest BCUT2D eigenvalue weighted by Crippen LogP contribution is 2.29. The van der Waals surface area contributed by atoms with Crippen LogP contribution >= 0.6 is 0 Å². The van der Waals surface area contributed by atoms with Crippen LogP contribution in [0, 0.1) is 12.8 Å². The molecule has 0 radical (unpaired) electrons. The monoisotopic (exact) mass is 387 g/mol. The highest BCUT2D eigenvalue weighted by atomic mass is 16.3. The fraction of sp³-hybridized carbons (Fsp3) is 0.250. The number of aryl methyl sites for hydroxylation is 1. The number of carbonyl (C=O) groups excluding carboxylic acids is 1. The van der Waals surface area contributed by atoms with Gasteiger partial charge in [-0.15, -0.1) is 0 Å². The number of aliphatic hydroxyl groups excluding tert-OH is 1. The van der Waals surface area contributed by atoms with E-state index in [4.69, 9.17) is 0 Å². The predicted octanol–water partition coefficient (Wildman–Crippen LogP) is 4.30. The molecule has 1 aromatic heterocycles. The van der Waals surface area contributed by atoms with Crippen LogP contribution in [0.4, 0.5) is 5.69 Å². The standard InChI is InChI=1S/C24H25N3O2/c1-16-4-11-21(27-24(29)20-3-2-12-25-15-20)13-22(16)18-7-9-19(10-8-18)23(28)26-14-17-5-6-17/h2-4,7-13,15,17,24,27,29H,5-6,14H2,1H3,(H,26,28). The van der Waals surface area contributed by atoms with Gasteiger partial charge in [-0.05, 0) is 72.7 Å². The van der Waals surface area contributed by atoms with E-state index in [1.165, 1.54) is 12.8 Å². The van der Waals surface area contributed by atoms with Crippen LogP contribution in [-0.4, -0.2) is 22.5 Å². The molecule has 3 N–H and O–H groups in total. The van der Waals surface area contributed by atoms with Crippen LogP contribution in [-0.2, 0) is 0 Å². The molecule has 1 heterocycles. The maximum Gasteiger partial charge on any atom is 0.251 e. The Bertz CT molecular complexity index is 983. The molecule has 1 amide bonds. The summed E-state index contributed by atoms with van der Waals surface area (Å²) in [5.74, 6) is 0.647. The predicted molar refractivity (Wildman–Crippen MR) is 114 cm³/mol. The molecule has 5 nitrogen and oxygen atoms in total. The van der Waals surface area contributed by atoms with Crippen LogP contribution in [0.3, 0.4) is 0 Å². The normalized spacial score (nSPS) is 14.3. The Balaban J connectivity index is 1.48. The van der Waals surface area contributed by atoms with E-state index in [0.29, 0.717) is 17.0 Å². The van der Waals surface area contributed by atoms with Crippen molar-refractivity contribution in [2.24, 2.45) is 5.92 Å². The Morgan fingerprint density at radius 3 is 2.66 bits per heavy atom. The molecular weight excluding hydrogens is 362 g/mol. The molecule has 1 fully saturated rings. The lowest BCUT2D eigenvalue weighted by molar-refractivity contribution is 0.0952. The van der Waals surface area contributed by atoms with Crippen molar-refractivity contribution in [3.8, 4) is 11.1 Å². The van der Waals surface area contributed by atoms with Gasteiger partial charge in [-0.1, -0.05) is 24.3 Å². The molecule has 0 spiro atoms. The number of amides is 1. The van der Waals surface area contributed by atoms with Gasteiger partial charge in [0.2, 0.25) is 0 Å². The second-order valence-corrected chi connectivity index (χ2v) is 7.59. The third-order valence-corrected chi connectivity index (χ3v) is 5.25. The van der Waals surface area contributed by atoms with E-state index in [1.807, 2.05) is 55.5 Å². The minimum atomic E-state index is -0.836. The van der Waals surface area contributed by atoms with Crippen molar-refractivity contribution in [2.45, 2.75) is 26.0 Å². The lowest BCUT2D eigenvalue weighted by Crippen LogP contribution is -2.25. The van der Waals surface area contributed by atoms with Gasteiger partial charge in [-0.2, -0.15) is 0 Å². The molecule has 1 unspecified atom stereocenters. The highest BCUT2D eigenvalue weighted by Gasteiger charge is 2.21. The first-order valence-corrected chi connectivity index (χ1v) is 9.94. The number of benzene rings is 2. The van der Waals surface area contributed by atoms with E-state index in [1.54, 1.807) is 18.5 Å². The largest absolute Gasteiger partial charge is 0.369 e. The SMILES string of the molecule is Cc1ccc(NC(O)c2cccnc2)cc1-c1ccc(C(=O)NCC2CC2)cc1. The summed E-state index contributed by atoms with van der Waals surface area (Å²) in [6.07, 6.45) is 4.92. The number of hydrogen-bond donors (Lipinski definition) is 3. The van der Waals surface area contributed by atoms with E-state index in [0.717, 1.165) is 28.9 Å². The molecule has 1 aliphatic carbocycles. The lowest BCUT2D eigenvalue weighted by Gasteiger charge is -2.16. The Morgan fingerprint density at radius 2 is 1.97 bits per heavy atom. The maximum atomic E-state index is 12.2. The summed E-state index contributed by atoms with van der Waals surface area (Å²) in [5, 5.41) is 16.5. The highest BCUT2D eigenvalue weighted by molar-refractivity contribution is 5.94. The van der Waals surface area contributed by atoms with E-state index in [2.05, 4.69) is 15.6 Å². The minimum Gasteiger partial charge on any atom is -0.369 e. The maximum absolute atomic E-state index is 12.2. The molecule has 5 heteroatoms. The smallest absolute Gasteiger partial charge is 0.251 e. The second kappa shape index (κ2) is 8.45. The van der Waals surface area contributed by atoms with Crippen molar-refractivity contribution in [3.05, 3.63) is 83.7 Å². The van der Waals surface area contributed by atoms with Crippen LogP contribution in [0.15, 0.2) is 67.0 Å². The number of hydrogen-bond acceptors (Lipinski definition) is 4. The van der Waals surface area contributed by atoms with E-state index < -0.39 is 6.23 Å². The van der Waals surface area contributed by atoms with Gasteiger partial charge in [0, 0.05) is 35.8 Å². The average molecular weight is 387 g/mol. The van der Waals surface area contributed by atoms with Crippen LogP contribution in [0.5, 0.6) is 0 Å². The Labute approximate surface area is 170 Å². The first-order chi connectivity index (χ1) is 14.1. The number of aromatic nitrogens is 1. The van der Waals surface area contributed by atoms with E-state index in [-0.39, 0.29) is 5.91 Å². The molecular formula is C24H25N3O2. The molecule has 1 aliphatic rings. The summed E-state index contributed by atoms with van der Waals surface area (Å²) in [4.78, 5) is 16.3. The number of aliphatic hydroxyl groups is 1. The number of pyridine rings is 1. The minimum absolute atomic E-state index is 0.0183. The van der Waals surface area contributed by atoms with Crippen molar-refractivity contribution in [1.82, 2.24) is 10.3 Å². The van der Waals surface area contributed by atoms with Crippen LogP contribution in [0.25, 0.3) is 11.1 Å². The summed E-state index contributed by atoms with van der Waals surface area (Å²) in [7, 11) is 0. The first kappa shape index (κ1) is 19.2. The number of anilines is 1. The molecule has 1 atom stereocenters. The van der Waals surface area contributed by atoms with Crippen LogP contribution < -0.4 is 10.6 Å². The Hall–Kier alpha value is -3.18. The third-order valence-electron chi connectivity index (χ3n) is 5.25. The Kier molecular flexibility index (Phi) is 5.58. The number of carbonyl (C=O) groups is 1. The van der Waals surface area contributed by atoms with Gasteiger partial charge in [0.1, 0.15) is 0 Å². The van der Waals surface area contributed by atoms with E-state index in [9.17, 15) is 9.90 Å². The first-order valence-electron chi connectivity index (χ1n) is 9.94. The zero-order valence-electron chi connectivity index (χ0n) is 16.4. The van der Waals surface area contributed by atoms with Gasteiger partial charge < -0.3 is 15.7 Å². The van der Waals surface area contributed by atoms with Gasteiger partial charge in [-0.3, -0.25) is 9.78 Å². The van der Waals surface area contributed by atoms with Crippen molar-refractivity contribution in [2.75, 3.05) is 11.9 Å². The number of nitrogens with zero attached hydrogens (tertiary/aromatic N) is 1. The molecule has 4 rings (SSSR count). The van der Waals surface area contributed by atoms with Crippen molar-refractivity contribution < 1.29 is 9.90 Å². The van der Waals surface area contributed by atoms with Crippen LogP contribution in [0.1, 0.15) is 40.6 Å².